The van der Waals surface area contributed by atoms with Crippen molar-refractivity contribution in [3.05, 3.63) is 233 Å². The van der Waals surface area contributed by atoms with Gasteiger partial charge in [-0.1, -0.05) is 181 Å². The third kappa shape index (κ3) is 9.10. The lowest BCUT2D eigenvalue weighted by atomic mass is 9.70. The molecule has 3 aliphatic rings. The molecule has 0 aliphatic heterocycles. The fourth-order valence-corrected chi connectivity index (χ4v) is 12.8. The average Bonchev–Trinajstić information content (AvgIpc) is 3.75. The fourth-order valence-electron chi connectivity index (χ4n) is 12.4. The number of hydrogen-bond donors (Lipinski definition) is 0. The summed E-state index contributed by atoms with van der Waals surface area (Å²) in [5.41, 5.74) is 17.5. The van der Waals surface area contributed by atoms with E-state index in [1.54, 1.807) is 11.1 Å². The zero-order valence-corrected chi connectivity index (χ0v) is 44.1. The minimum atomic E-state index is -0.971. The van der Waals surface area contributed by atoms with Gasteiger partial charge < -0.3 is 9.47 Å². The van der Waals surface area contributed by atoms with Crippen molar-refractivity contribution in [2.75, 3.05) is 4.90 Å². The predicted molar refractivity (Wildman–Crippen MR) is 308 cm³/mol. The maximum absolute atomic E-state index is 8.42. The molecule has 3 aliphatic carbocycles. The lowest BCUT2D eigenvalue weighted by Gasteiger charge is -2.46. The molecule has 1 heterocycles. The molecule has 8 aromatic rings. The van der Waals surface area contributed by atoms with Crippen LogP contribution in [0, 0.1) is 11.8 Å². The highest BCUT2D eigenvalue weighted by Crippen LogP contribution is 2.51. The molecule has 72 heavy (non-hydrogen) atoms. The molecule has 0 radical (unpaired) electrons. The standard InChI is InChI=1S/C69H71ClN2/c1-67(2,3)54-38-40-64-62(45-54)63-46-55(68(4,5)6)39-41-65(63)72(64)58-35-22-34-57(47-58)71(66-60(49-26-14-8-15-27-49)36-23-37-61(66)50-28-16-9-17-29-50)59-43-51(48-24-12-7-13-25-48)42-56(44-59)69(70,52-30-18-10-19-31-52)53-32-20-11-21-33-53/h7-8,10-14,18-22,24-25,28,30-36,38-47,49,61,66H,9,15-17,23,26-27,29,37H2,1-6H3. The Bertz CT molecular complexity index is 3210. The van der Waals surface area contributed by atoms with Gasteiger partial charge in [-0.15, -0.1) is 11.6 Å². The van der Waals surface area contributed by atoms with Crippen molar-refractivity contribution in [1.29, 1.82) is 0 Å². The van der Waals surface area contributed by atoms with Crippen LogP contribution in [0.1, 0.15) is 127 Å². The first kappa shape index (κ1) is 47.9. The van der Waals surface area contributed by atoms with Crippen LogP contribution in [-0.2, 0) is 15.7 Å². The monoisotopic (exact) mass is 963 g/mol. The van der Waals surface area contributed by atoms with Crippen LogP contribution >= 0.6 is 11.6 Å². The van der Waals surface area contributed by atoms with E-state index in [4.69, 9.17) is 11.6 Å². The molecule has 2 nitrogen and oxygen atoms in total. The third-order valence-corrected chi connectivity index (χ3v) is 17.0. The maximum atomic E-state index is 8.42. The number of rotatable bonds is 10. The number of halogens is 1. The van der Waals surface area contributed by atoms with Gasteiger partial charge in [-0.05, 0) is 180 Å². The molecule has 3 atom stereocenters. The number of nitrogens with zero attached hydrogens (tertiary/aromatic N) is 2. The summed E-state index contributed by atoms with van der Waals surface area (Å²) in [5, 5.41) is 2.61. The van der Waals surface area contributed by atoms with Crippen LogP contribution in [0.25, 0.3) is 38.6 Å². The number of aromatic nitrogens is 1. The SMILES string of the molecule is CC(C)(C)c1ccc2c(c1)c1cc(C(C)(C)C)ccc1n2-c1cccc(N(c2cc(-c3ccccc3)cc(C(Cl)(c3ccccc3)c3ccccc3)c2)C2C(C3CC=CCC3)=CCCC2C2=CCCCC2)c1. The van der Waals surface area contributed by atoms with Crippen molar-refractivity contribution in [1.82, 2.24) is 4.57 Å². The molecular formula is C69H71ClN2. The molecule has 0 amide bonds. The summed E-state index contributed by atoms with van der Waals surface area (Å²) in [6.45, 7) is 14.0. The third-order valence-electron chi connectivity index (χ3n) is 16.3. The summed E-state index contributed by atoms with van der Waals surface area (Å²) >= 11 is 8.42. The zero-order valence-electron chi connectivity index (χ0n) is 43.3. The predicted octanol–water partition coefficient (Wildman–Crippen LogP) is 19.3. The van der Waals surface area contributed by atoms with E-state index in [2.05, 4.69) is 245 Å². The summed E-state index contributed by atoms with van der Waals surface area (Å²) in [6, 6.07) is 63.7. The second kappa shape index (κ2) is 19.6. The lowest BCUT2D eigenvalue weighted by Crippen LogP contribution is -2.44. The topological polar surface area (TPSA) is 8.17 Å². The molecule has 1 aromatic heterocycles. The van der Waals surface area contributed by atoms with Crippen LogP contribution < -0.4 is 4.90 Å². The summed E-state index contributed by atoms with van der Waals surface area (Å²) < 4.78 is 2.54. The van der Waals surface area contributed by atoms with Gasteiger partial charge in [0.05, 0.1) is 17.1 Å². The Morgan fingerprint density at radius 1 is 0.500 bits per heavy atom. The van der Waals surface area contributed by atoms with Crippen LogP contribution in [0.2, 0.25) is 0 Å². The van der Waals surface area contributed by atoms with Crippen molar-refractivity contribution in [2.45, 2.75) is 121 Å². The Morgan fingerprint density at radius 2 is 1.14 bits per heavy atom. The molecule has 0 fully saturated rings. The molecule has 0 N–H and O–H groups in total. The smallest absolute Gasteiger partial charge is 0.119 e. The van der Waals surface area contributed by atoms with Crippen molar-refractivity contribution in [3.8, 4) is 16.8 Å². The average molecular weight is 964 g/mol. The van der Waals surface area contributed by atoms with Gasteiger partial charge in [-0.2, -0.15) is 0 Å². The zero-order chi connectivity index (χ0) is 49.6. The summed E-state index contributed by atoms with van der Waals surface area (Å²) in [4.78, 5) is 1.82. The molecule has 11 rings (SSSR count). The molecule has 0 saturated heterocycles. The van der Waals surface area contributed by atoms with E-state index in [-0.39, 0.29) is 16.9 Å². The normalized spacial score (nSPS) is 18.8. The number of hydrogen-bond acceptors (Lipinski definition) is 1. The van der Waals surface area contributed by atoms with E-state index in [1.165, 1.54) is 75.6 Å². The molecule has 0 bridgehead atoms. The first-order valence-corrected chi connectivity index (χ1v) is 27.3. The lowest BCUT2D eigenvalue weighted by molar-refractivity contribution is 0.392. The molecular weight excluding hydrogens is 892 g/mol. The van der Waals surface area contributed by atoms with Crippen LogP contribution in [0.4, 0.5) is 11.4 Å². The Balaban J connectivity index is 1.21. The van der Waals surface area contributed by atoms with E-state index >= 15 is 0 Å². The number of allylic oxidation sites excluding steroid dienone is 4. The van der Waals surface area contributed by atoms with Gasteiger partial charge in [-0.25, -0.2) is 0 Å². The van der Waals surface area contributed by atoms with Gasteiger partial charge >= 0.3 is 0 Å². The molecule has 0 saturated carbocycles. The first-order chi connectivity index (χ1) is 34.9. The first-order valence-electron chi connectivity index (χ1n) is 26.9. The minimum Gasteiger partial charge on any atom is -0.334 e. The van der Waals surface area contributed by atoms with Gasteiger partial charge in [0.25, 0.3) is 0 Å². The number of anilines is 2. The molecule has 364 valence electrons. The van der Waals surface area contributed by atoms with Gasteiger partial charge in [0.1, 0.15) is 4.87 Å². The number of alkyl halides is 1. The van der Waals surface area contributed by atoms with E-state index < -0.39 is 4.87 Å². The summed E-state index contributed by atoms with van der Waals surface area (Å²) in [5.74, 6) is 0.842. The fraction of sp³-hybridized carbons (Fsp3) is 0.304. The van der Waals surface area contributed by atoms with Crippen LogP contribution in [-0.4, -0.2) is 10.6 Å². The van der Waals surface area contributed by atoms with Gasteiger partial charge in [0.2, 0.25) is 0 Å². The van der Waals surface area contributed by atoms with E-state index in [0.29, 0.717) is 11.8 Å². The van der Waals surface area contributed by atoms with Crippen molar-refractivity contribution < 1.29 is 0 Å². The van der Waals surface area contributed by atoms with E-state index in [9.17, 15) is 0 Å². The van der Waals surface area contributed by atoms with E-state index in [1.807, 2.05) is 0 Å². The highest BCUT2D eigenvalue weighted by atomic mass is 35.5. The largest absolute Gasteiger partial charge is 0.334 e. The maximum Gasteiger partial charge on any atom is 0.119 e. The number of benzene rings is 7. The summed E-state index contributed by atoms with van der Waals surface area (Å²) in [7, 11) is 0. The summed E-state index contributed by atoms with van der Waals surface area (Å²) in [6.07, 6.45) is 20.6. The Hall–Kier alpha value is -6.35. The Labute approximate surface area is 434 Å². The van der Waals surface area contributed by atoms with Gasteiger partial charge in [0, 0.05) is 33.8 Å². The van der Waals surface area contributed by atoms with Crippen molar-refractivity contribution in [2.24, 2.45) is 11.8 Å². The Kier molecular flexibility index (Phi) is 13.0. The molecule has 3 heteroatoms. The van der Waals surface area contributed by atoms with Crippen molar-refractivity contribution >= 4 is 44.8 Å². The second-order valence-corrected chi connectivity index (χ2v) is 23.6. The molecule has 3 unspecified atom stereocenters. The van der Waals surface area contributed by atoms with Crippen molar-refractivity contribution in [3.63, 3.8) is 0 Å². The van der Waals surface area contributed by atoms with Gasteiger partial charge in [0.15, 0.2) is 0 Å². The highest BCUT2D eigenvalue weighted by Gasteiger charge is 2.41. The molecule has 0 spiro atoms. The second-order valence-electron chi connectivity index (χ2n) is 23.1. The van der Waals surface area contributed by atoms with Crippen LogP contribution in [0.15, 0.2) is 205 Å². The quantitative estimate of drug-likeness (QED) is 0.0753. The molecule has 7 aromatic carbocycles. The highest BCUT2D eigenvalue weighted by molar-refractivity contribution is 6.28. The van der Waals surface area contributed by atoms with E-state index in [0.717, 1.165) is 60.0 Å². The van der Waals surface area contributed by atoms with Crippen LogP contribution in [0.5, 0.6) is 0 Å². The Morgan fingerprint density at radius 3 is 1.72 bits per heavy atom. The van der Waals surface area contributed by atoms with Crippen LogP contribution in [0.3, 0.4) is 0 Å². The number of fused-ring (bicyclic) bond motifs is 3. The van der Waals surface area contributed by atoms with Gasteiger partial charge in [-0.3, -0.25) is 0 Å². The minimum absolute atomic E-state index is 0.0170.